The highest BCUT2D eigenvalue weighted by atomic mass is 32.2. The molecule has 0 radical (unpaired) electrons. The molecule has 0 saturated heterocycles. The number of rotatable bonds is 6. The molecule has 0 bridgehead atoms. The SMILES string of the molecule is C[C@H](NC(=O)CSc1nn(-c2ccc(F)cc2)c(=S)s1)c1ccccc1. The van der Waals surface area contributed by atoms with Crippen molar-refractivity contribution in [3.8, 4) is 5.69 Å². The van der Waals surface area contributed by atoms with Crippen molar-refractivity contribution in [1.29, 1.82) is 0 Å². The lowest BCUT2D eigenvalue weighted by atomic mass is 10.1. The molecule has 1 heterocycles. The number of hydrogen-bond donors (Lipinski definition) is 1. The van der Waals surface area contributed by atoms with E-state index in [0.29, 0.717) is 14.0 Å². The Bertz CT molecular complexity index is 938. The molecule has 3 aromatic rings. The van der Waals surface area contributed by atoms with Gasteiger partial charge in [-0.1, -0.05) is 53.4 Å². The van der Waals surface area contributed by atoms with E-state index >= 15 is 0 Å². The third kappa shape index (κ3) is 4.78. The minimum absolute atomic E-state index is 0.0562. The normalized spacial score (nSPS) is 11.9. The number of halogens is 1. The summed E-state index contributed by atoms with van der Waals surface area (Å²) in [6, 6.07) is 15.7. The van der Waals surface area contributed by atoms with E-state index in [1.807, 2.05) is 37.3 Å². The van der Waals surface area contributed by atoms with Gasteiger partial charge in [-0.25, -0.2) is 9.07 Å². The molecular formula is C18H16FN3OS3. The van der Waals surface area contributed by atoms with Crippen LogP contribution in [0.15, 0.2) is 58.9 Å². The minimum atomic E-state index is -0.311. The summed E-state index contributed by atoms with van der Waals surface area (Å²) in [4.78, 5) is 12.2. The molecule has 3 rings (SSSR count). The molecule has 0 spiro atoms. The zero-order valence-corrected chi connectivity index (χ0v) is 16.3. The molecule has 0 aliphatic rings. The third-order valence-electron chi connectivity index (χ3n) is 3.60. The molecule has 26 heavy (non-hydrogen) atoms. The molecule has 0 fully saturated rings. The van der Waals surface area contributed by atoms with Crippen LogP contribution in [-0.2, 0) is 4.79 Å². The molecule has 0 unspecified atom stereocenters. The second kappa shape index (κ2) is 8.57. The van der Waals surface area contributed by atoms with E-state index in [4.69, 9.17) is 12.2 Å². The van der Waals surface area contributed by atoms with E-state index in [2.05, 4.69) is 10.4 Å². The maximum atomic E-state index is 13.0. The standard InChI is InChI=1S/C18H16FN3OS3/c1-12(13-5-3-2-4-6-13)20-16(23)11-25-17-21-22(18(24)26-17)15-9-7-14(19)8-10-15/h2-10,12H,11H2,1H3,(H,20,23)/t12-/m0/s1. The van der Waals surface area contributed by atoms with Gasteiger partial charge in [-0.05, 0) is 49.0 Å². The summed E-state index contributed by atoms with van der Waals surface area (Å²) in [6.07, 6.45) is 0. The highest BCUT2D eigenvalue weighted by Gasteiger charge is 2.12. The van der Waals surface area contributed by atoms with Crippen LogP contribution in [0.4, 0.5) is 4.39 Å². The fraction of sp³-hybridized carbons (Fsp3) is 0.167. The fourth-order valence-corrected chi connectivity index (χ4v) is 4.47. The van der Waals surface area contributed by atoms with Crippen molar-refractivity contribution in [3.63, 3.8) is 0 Å². The average Bonchev–Trinajstić information content (AvgIpc) is 3.02. The molecule has 1 amide bonds. The Hall–Kier alpha value is -2.03. The van der Waals surface area contributed by atoms with Crippen LogP contribution >= 0.6 is 35.3 Å². The average molecular weight is 406 g/mol. The highest BCUT2D eigenvalue weighted by Crippen LogP contribution is 2.24. The Labute approximate surface area is 164 Å². The number of nitrogens with zero attached hydrogens (tertiary/aromatic N) is 2. The Kier molecular flexibility index (Phi) is 6.18. The topological polar surface area (TPSA) is 46.9 Å². The number of thioether (sulfide) groups is 1. The molecule has 134 valence electrons. The quantitative estimate of drug-likeness (QED) is 0.474. The summed E-state index contributed by atoms with van der Waals surface area (Å²) in [5.74, 6) is -0.127. The van der Waals surface area contributed by atoms with Gasteiger partial charge in [0.1, 0.15) is 5.82 Å². The molecule has 8 heteroatoms. The van der Waals surface area contributed by atoms with Crippen LogP contribution in [0.3, 0.4) is 0 Å². The molecule has 0 saturated carbocycles. The van der Waals surface area contributed by atoms with Gasteiger partial charge >= 0.3 is 0 Å². The number of carbonyl (C=O) groups excluding carboxylic acids is 1. The molecule has 2 aromatic carbocycles. The van der Waals surface area contributed by atoms with Crippen molar-refractivity contribution in [3.05, 3.63) is 69.9 Å². The lowest BCUT2D eigenvalue weighted by Gasteiger charge is -2.13. The van der Waals surface area contributed by atoms with Crippen molar-refractivity contribution in [2.75, 3.05) is 5.75 Å². The van der Waals surface area contributed by atoms with Gasteiger partial charge in [0.05, 0.1) is 17.5 Å². The van der Waals surface area contributed by atoms with Gasteiger partial charge in [0, 0.05) is 0 Å². The van der Waals surface area contributed by atoms with Crippen molar-refractivity contribution >= 4 is 41.2 Å². The predicted octanol–water partition coefficient (Wildman–Crippen LogP) is 4.77. The van der Waals surface area contributed by atoms with Crippen LogP contribution in [0, 0.1) is 9.77 Å². The van der Waals surface area contributed by atoms with Crippen LogP contribution in [0.2, 0.25) is 0 Å². The van der Waals surface area contributed by atoms with Crippen LogP contribution < -0.4 is 5.32 Å². The van der Waals surface area contributed by atoms with Gasteiger partial charge in [0.2, 0.25) is 5.91 Å². The zero-order valence-electron chi connectivity index (χ0n) is 13.9. The number of carbonyl (C=O) groups is 1. The van der Waals surface area contributed by atoms with Crippen LogP contribution in [-0.4, -0.2) is 21.4 Å². The zero-order chi connectivity index (χ0) is 18.5. The Morgan fingerprint density at radius 2 is 1.96 bits per heavy atom. The maximum Gasteiger partial charge on any atom is 0.230 e. The molecule has 1 aromatic heterocycles. The number of aromatic nitrogens is 2. The first-order valence-electron chi connectivity index (χ1n) is 7.86. The van der Waals surface area contributed by atoms with E-state index in [1.54, 1.807) is 16.8 Å². The molecule has 1 atom stereocenters. The Morgan fingerprint density at radius 1 is 1.27 bits per heavy atom. The van der Waals surface area contributed by atoms with Gasteiger partial charge < -0.3 is 5.32 Å². The summed E-state index contributed by atoms with van der Waals surface area (Å²) >= 11 is 7.97. The summed E-state index contributed by atoms with van der Waals surface area (Å²) in [6.45, 7) is 1.95. The Morgan fingerprint density at radius 3 is 2.65 bits per heavy atom. The van der Waals surface area contributed by atoms with E-state index in [1.165, 1.54) is 35.2 Å². The van der Waals surface area contributed by atoms with Gasteiger partial charge in [0.15, 0.2) is 8.29 Å². The van der Waals surface area contributed by atoms with Crippen LogP contribution in [0.5, 0.6) is 0 Å². The summed E-state index contributed by atoms with van der Waals surface area (Å²) in [5, 5.41) is 7.38. The first-order chi connectivity index (χ1) is 12.5. The first kappa shape index (κ1) is 18.8. The van der Waals surface area contributed by atoms with Gasteiger partial charge in [-0.2, -0.15) is 0 Å². The van der Waals surface area contributed by atoms with Crippen LogP contribution in [0.1, 0.15) is 18.5 Å². The lowest BCUT2D eigenvalue weighted by molar-refractivity contribution is -0.119. The summed E-state index contributed by atoms with van der Waals surface area (Å²) in [5.41, 5.74) is 1.75. The van der Waals surface area contributed by atoms with Gasteiger partial charge in [-0.3, -0.25) is 4.79 Å². The number of nitrogens with one attached hydrogen (secondary N) is 1. The van der Waals surface area contributed by atoms with E-state index in [-0.39, 0.29) is 23.5 Å². The largest absolute Gasteiger partial charge is 0.349 e. The van der Waals surface area contributed by atoms with Crippen molar-refractivity contribution in [2.45, 2.75) is 17.3 Å². The van der Waals surface area contributed by atoms with E-state index in [9.17, 15) is 9.18 Å². The second-order valence-corrected chi connectivity index (χ2v) is 8.36. The van der Waals surface area contributed by atoms with Crippen LogP contribution in [0.25, 0.3) is 5.69 Å². The smallest absolute Gasteiger partial charge is 0.230 e. The molecule has 0 aliphatic carbocycles. The molecule has 0 aliphatic heterocycles. The fourth-order valence-electron chi connectivity index (χ4n) is 2.30. The van der Waals surface area contributed by atoms with E-state index in [0.717, 1.165) is 5.56 Å². The third-order valence-corrected chi connectivity index (χ3v) is 5.97. The number of benzene rings is 2. The number of hydrogen-bond acceptors (Lipinski definition) is 5. The molecule has 1 N–H and O–H groups in total. The monoisotopic (exact) mass is 405 g/mol. The van der Waals surface area contributed by atoms with Crippen molar-refractivity contribution < 1.29 is 9.18 Å². The first-order valence-corrected chi connectivity index (χ1v) is 10.1. The summed E-state index contributed by atoms with van der Waals surface area (Å²) in [7, 11) is 0. The molecular weight excluding hydrogens is 389 g/mol. The number of amides is 1. The van der Waals surface area contributed by atoms with Crippen molar-refractivity contribution in [2.24, 2.45) is 0 Å². The second-order valence-electron chi connectivity index (χ2n) is 5.51. The van der Waals surface area contributed by atoms with Gasteiger partial charge in [0.25, 0.3) is 0 Å². The predicted molar refractivity (Wildman–Crippen MR) is 106 cm³/mol. The lowest BCUT2D eigenvalue weighted by Crippen LogP contribution is -2.28. The van der Waals surface area contributed by atoms with E-state index < -0.39 is 0 Å². The molecule has 4 nitrogen and oxygen atoms in total. The van der Waals surface area contributed by atoms with Gasteiger partial charge in [-0.15, -0.1) is 5.10 Å². The maximum absolute atomic E-state index is 13.0. The minimum Gasteiger partial charge on any atom is -0.349 e. The van der Waals surface area contributed by atoms with Crippen molar-refractivity contribution in [1.82, 2.24) is 15.1 Å². The Balaban J connectivity index is 1.60. The summed E-state index contributed by atoms with van der Waals surface area (Å²) < 4.78 is 15.9. The highest BCUT2D eigenvalue weighted by molar-refractivity contribution is 8.01.